The summed E-state index contributed by atoms with van der Waals surface area (Å²) in [6.45, 7) is 2.87. The molecule has 7 nitrogen and oxygen atoms in total. The number of nitrogens with one attached hydrogen (secondary N) is 1. The summed E-state index contributed by atoms with van der Waals surface area (Å²) >= 11 is 6.34. The van der Waals surface area contributed by atoms with E-state index < -0.39 is 10.2 Å². The topological polar surface area (TPSA) is 82.6 Å². The van der Waals surface area contributed by atoms with Gasteiger partial charge in [-0.15, -0.1) is 0 Å². The summed E-state index contributed by atoms with van der Waals surface area (Å²) in [5.41, 5.74) is 4.02. The number of anilines is 2. The molecule has 1 amide bonds. The Morgan fingerprint density at radius 3 is 2.50 bits per heavy atom. The third kappa shape index (κ3) is 4.48. The fraction of sp³-hybridized carbons (Fsp3) is 0.217. The molecule has 0 atom stereocenters. The second-order valence-electron chi connectivity index (χ2n) is 7.67. The number of halogens is 1. The Morgan fingerprint density at radius 2 is 1.81 bits per heavy atom. The lowest BCUT2D eigenvalue weighted by molar-refractivity contribution is 0.102. The van der Waals surface area contributed by atoms with Crippen LogP contribution in [0.2, 0.25) is 5.02 Å². The molecule has 4 rings (SSSR count). The summed E-state index contributed by atoms with van der Waals surface area (Å²) in [6, 6.07) is 15.6. The molecule has 0 spiro atoms. The Kier molecular flexibility index (Phi) is 6.19. The van der Waals surface area contributed by atoms with E-state index in [0.29, 0.717) is 40.7 Å². The highest BCUT2D eigenvalue weighted by Gasteiger charge is 2.31. The van der Waals surface area contributed by atoms with Crippen LogP contribution in [0.5, 0.6) is 0 Å². The summed E-state index contributed by atoms with van der Waals surface area (Å²) in [5.74, 6) is -0.305. The molecular formula is C23H23ClN4O3S. The summed E-state index contributed by atoms with van der Waals surface area (Å²) in [4.78, 5) is 17.2. The normalized spacial score (nSPS) is 16.0. The summed E-state index contributed by atoms with van der Waals surface area (Å²) < 4.78 is 27.7. The minimum Gasteiger partial charge on any atom is -0.322 e. The Balaban J connectivity index is 1.52. The molecule has 0 unspecified atom stereocenters. The van der Waals surface area contributed by atoms with Crippen molar-refractivity contribution in [2.75, 3.05) is 29.8 Å². The average molecular weight is 471 g/mol. The Morgan fingerprint density at radius 1 is 1.06 bits per heavy atom. The van der Waals surface area contributed by atoms with Gasteiger partial charge in [0.1, 0.15) is 0 Å². The van der Waals surface area contributed by atoms with Gasteiger partial charge >= 0.3 is 10.2 Å². The van der Waals surface area contributed by atoms with Crippen molar-refractivity contribution in [1.29, 1.82) is 0 Å². The van der Waals surface area contributed by atoms with Gasteiger partial charge in [-0.2, -0.15) is 12.7 Å². The SMILES string of the molecule is Cc1ccc(-c2cc(NC(=O)c3ccc(N4CCCN(C)S4(=O)=O)cc3)ccc2Cl)nc1. The molecule has 1 aromatic heterocycles. The van der Waals surface area contributed by atoms with Crippen LogP contribution in [0.15, 0.2) is 60.8 Å². The van der Waals surface area contributed by atoms with Gasteiger partial charge in [-0.1, -0.05) is 17.7 Å². The third-order valence-electron chi connectivity index (χ3n) is 5.34. The number of hydrogen-bond acceptors (Lipinski definition) is 4. The predicted octanol–water partition coefficient (Wildman–Crippen LogP) is 4.35. The lowest BCUT2D eigenvalue weighted by Gasteiger charge is -2.33. The van der Waals surface area contributed by atoms with Crippen LogP contribution in [0, 0.1) is 6.92 Å². The van der Waals surface area contributed by atoms with Crippen LogP contribution in [0.1, 0.15) is 22.3 Å². The Bertz CT molecular complexity index is 1250. The van der Waals surface area contributed by atoms with Crippen LogP contribution >= 0.6 is 11.6 Å². The van der Waals surface area contributed by atoms with E-state index in [1.165, 1.54) is 8.61 Å². The first-order valence-electron chi connectivity index (χ1n) is 10.1. The number of aromatic nitrogens is 1. The maximum atomic E-state index is 12.8. The highest BCUT2D eigenvalue weighted by atomic mass is 35.5. The lowest BCUT2D eigenvalue weighted by atomic mass is 10.1. The molecule has 1 aliphatic heterocycles. The highest BCUT2D eigenvalue weighted by Crippen LogP contribution is 2.30. The van der Waals surface area contributed by atoms with Crippen LogP contribution in [-0.2, 0) is 10.2 Å². The van der Waals surface area contributed by atoms with Crippen molar-refractivity contribution in [3.63, 3.8) is 0 Å². The molecule has 3 aromatic rings. The van der Waals surface area contributed by atoms with E-state index in [1.807, 2.05) is 19.1 Å². The molecule has 0 radical (unpaired) electrons. The highest BCUT2D eigenvalue weighted by molar-refractivity contribution is 7.90. The molecule has 0 bridgehead atoms. The van der Waals surface area contributed by atoms with Gasteiger partial charge in [-0.05, 0) is 67.4 Å². The predicted molar refractivity (Wildman–Crippen MR) is 127 cm³/mol. The minimum absolute atomic E-state index is 0.305. The molecule has 9 heteroatoms. The zero-order valence-corrected chi connectivity index (χ0v) is 19.3. The summed E-state index contributed by atoms with van der Waals surface area (Å²) in [6.07, 6.45) is 2.51. The van der Waals surface area contributed by atoms with Crippen LogP contribution in [0.3, 0.4) is 0 Å². The van der Waals surface area contributed by atoms with Gasteiger partial charge in [-0.3, -0.25) is 14.1 Å². The van der Waals surface area contributed by atoms with Gasteiger partial charge in [0.2, 0.25) is 0 Å². The number of benzene rings is 2. The lowest BCUT2D eigenvalue weighted by Crippen LogP contribution is -2.47. The van der Waals surface area contributed by atoms with E-state index in [0.717, 1.165) is 17.5 Å². The number of pyridine rings is 1. The van der Waals surface area contributed by atoms with Gasteiger partial charge in [0.05, 0.1) is 16.4 Å². The molecule has 2 heterocycles. The smallest absolute Gasteiger partial charge is 0.303 e. The molecular weight excluding hydrogens is 448 g/mol. The summed E-state index contributed by atoms with van der Waals surface area (Å²) in [5, 5.41) is 3.40. The second-order valence-corrected chi connectivity index (χ2v) is 10.0. The van der Waals surface area contributed by atoms with Crippen molar-refractivity contribution >= 4 is 39.1 Å². The number of rotatable bonds is 4. The van der Waals surface area contributed by atoms with Gasteiger partial charge in [0.15, 0.2) is 0 Å². The quantitative estimate of drug-likeness (QED) is 0.614. The van der Waals surface area contributed by atoms with E-state index in [4.69, 9.17) is 11.6 Å². The standard InChI is InChI=1S/C23H23ClN4O3S/c1-16-4-11-22(25-15-16)20-14-18(7-10-21(20)24)26-23(29)17-5-8-19(9-6-17)28-13-3-12-27(2)32(28,30)31/h4-11,14-15H,3,12-13H2,1-2H3,(H,26,29). The van der Waals surface area contributed by atoms with Gasteiger partial charge in [0, 0.05) is 43.1 Å². The van der Waals surface area contributed by atoms with E-state index in [9.17, 15) is 13.2 Å². The summed E-state index contributed by atoms with van der Waals surface area (Å²) in [7, 11) is -1.96. The van der Waals surface area contributed by atoms with Crippen LogP contribution in [0.25, 0.3) is 11.3 Å². The maximum Gasteiger partial charge on any atom is 0.303 e. The number of carbonyl (C=O) groups excluding carboxylic acids is 1. The zero-order chi connectivity index (χ0) is 22.9. The van der Waals surface area contributed by atoms with E-state index in [1.54, 1.807) is 55.7 Å². The average Bonchev–Trinajstić information content (AvgIpc) is 2.78. The van der Waals surface area contributed by atoms with Crippen molar-refractivity contribution in [3.05, 3.63) is 76.9 Å². The number of amides is 1. The van der Waals surface area contributed by atoms with Crippen LogP contribution in [0.4, 0.5) is 11.4 Å². The monoisotopic (exact) mass is 470 g/mol. The zero-order valence-electron chi connectivity index (χ0n) is 17.7. The number of carbonyl (C=O) groups is 1. The number of aryl methyl sites for hydroxylation is 1. The van der Waals surface area contributed by atoms with Crippen molar-refractivity contribution in [2.24, 2.45) is 0 Å². The molecule has 2 aromatic carbocycles. The second kappa shape index (κ2) is 8.90. The van der Waals surface area contributed by atoms with Crippen LogP contribution in [-0.4, -0.2) is 43.8 Å². The molecule has 32 heavy (non-hydrogen) atoms. The number of nitrogens with zero attached hydrogens (tertiary/aromatic N) is 3. The molecule has 1 aliphatic rings. The molecule has 1 fully saturated rings. The van der Waals surface area contributed by atoms with Crippen molar-refractivity contribution in [1.82, 2.24) is 9.29 Å². The van der Waals surface area contributed by atoms with E-state index in [-0.39, 0.29) is 5.91 Å². The third-order valence-corrected chi connectivity index (χ3v) is 7.59. The Labute approximate surface area is 192 Å². The van der Waals surface area contributed by atoms with E-state index in [2.05, 4.69) is 10.3 Å². The first-order valence-corrected chi connectivity index (χ1v) is 11.9. The van der Waals surface area contributed by atoms with Crippen molar-refractivity contribution in [2.45, 2.75) is 13.3 Å². The van der Waals surface area contributed by atoms with Gasteiger partial charge in [-0.25, -0.2) is 0 Å². The largest absolute Gasteiger partial charge is 0.322 e. The molecule has 166 valence electrons. The van der Waals surface area contributed by atoms with Gasteiger partial charge in [0.25, 0.3) is 5.91 Å². The van der Waals surface area contributed by atoms with Crippen molar-refractivity contribution in [3.8, 4) is 11.3 Å². The molecule has 0 aliphatic carbocycles. The fourth-order valence-electron chi connectivity index (χ4n) is 3.51. The fourth-order valence-corrected chi connectivity index (χ4v) is 5.17. The molecule has 1 N–H and O–H groups in total. The molecule has 0 saturated carbocycles. The van der Waals surface area contributed by atoms with Crippen LogP contribution < -0.4 is 9.62 Å². The van der Waals surface area contributed by atoms with E-state index >= 15 is 0 Å². The first-order chi connectivity index (χ1) is 15.3. The first kappa shape index (κ1) is 22.3. The van der Waals surface area contributed by atoms with Gasteiger partial charge < -0.3 is 5.32 Å². The Hall–Kier alpha value is -2.94. The van der Waals surface area contributed by atoms with Crippen molar-refractivity contribution < 1.29 is 13.2 Å². The minimum atomic E-state index is -3.53. The number of hydrogen-bond donors (Lipinski definition) is 1. The maximum absolute atomic E-state index is 12.8. The molecule has 1 saturated heterocycles.